The molecular formula is C11H17ClN2. The van der Waals surface area contributed by atoms with Gasteiger partial charge in [-0.15, -0.1) is 11.6 Å². The Morgan fingerprint density at radius 2 is 2.29 bits per heavy atom. The van der Waals surface area contributed by atoms with Gasteiger partial charge < -0.3 is 5.32 Å². The van der Waals surface area contributed by atoms with Crippen molar-refractivity contribution < 1.29 is 0 Å². The van der Waals surface area contributed by atoms with Crippen molar-refractivity contribution >= 4 is 11.6 Å². The van der Waals surface area contributed by atoms with Gasteiger partial charge in [0.25, 0.3) is 0 Å². The summed E-state index contributed by atoms with van der Waals surface area (Å²) in [6.07, 6.45) is 4.76. The van der Waals surface area contributed by atoms with Crippen LogP contribution in [0.5, 0.6) is 0 Å². The van der Waals surface area contributed by atoms with Crippen LogP contribution in [-0.2, 0) is 6.54 Å². The van der Waals surface area contributed by atoms with Crippen molar-refractivity contribution in [2.75, 3.05) is 6.54 Å². The van der Waals surface area contributed by atoms with E-state index in [4.69, 9.17) is 11.6 Å². The number of hydrogen-bond acceptors (Lipinski definition) is 2. The quantitative estimate of drug-likeness (QED) is 0.599. The van der Waals surface area contributed by atoms with Crippen molar-refractivity contribution in [2.45, 2.75) is 32.2 Å². The van der Waals surface area contributed by atoms with Crippen LogP contribution in [0.3, 0.4) is 0 Å². The topological polar surface area (TPSA) is 24.9 Å². The minimum Gasteiger partial charge on any atom is -0.313 e. The number of hydrogen-bond donors (Lipinski definition) is 1. The van der Waals surface area contributed by atoms with Crippen LogP contribution >= 0.6 is 11.6 Å². The van der Waals surface area contributed by atoms with E-state index >= 15 is 0 Å². The molecule has 0 fully saturated rings. The molecule has 0 radical (unpaired) electrons. The fourth-order valence-corrected chi connectivity index (χ4v) is 1.36. The van der Waals surface area contributed by atoms with E-state index in [1.807, 2.05) is 19.3 Å². The number of rotatable bonds is 5. The molecule has 0 saturated carbocycles. The van der Waals surface area contributed by atoms with Gasteiger partial charge >= 0.3 is 0 Å². The highest BCUT2D eigenvalue weighted by atomic mass is 35.5. The highest BCUT2D eigenvalue weighted by Gasteiger charge is 1.96. The minimum absolute atomic E-state index is 0.248. The zero-order valence-electron chi connectivity index (χ0n) is 8.76. The van der Waals surface area contributed by atoms with Gasteiger partial charge in [0.15, 0.2) is 0 Å². The predicted molar refractivity (Wildman–Crippen MR) is 60.6 cm³/mol. The number of nitrogens with one attached hydrogen (secondary N) is 1. The molecule has 0 spiro atoms. The van der Waals surface area contributed by atoms with Crippen LogP contribution in [0.1, 0.15) is 24.5 Å². The molecule has 0 aromatic carbocycles. The molecule has 3 heteroatoms. The molecule has 1 aromatic rings. The Hall–Kier alpha value is -0.600. The van der Waals surface area contributed by atoms with Crippen LogP contribution < -0.4 is 5.32 Å². The van der Waals surface area contributed by atoms with Crippen LogP contribution in [-0.4, -0.2) is 16.9 Å². The van der Waals surface area contributed by atoms with Crippen LogP contribution in [0, 0.1) is 6.92 Å². The van der Waals surface area contributed by atoms with E-state index in [9.17, 15) is 0 Å². The lowest BCUT2D eigenvalue weighted by molar-refractivity contribution is 0.643. The molecule has 1 rings (SSSR count). The Morgan fingerprint density at radius 3 is 2.93 bits per heavy atom. The standard InChI is InChI=1S/C11H17ClN2/c1-9-5-11(8-14-6-9)7-13-4-3-10(2)12/h5-6,8,10,13H,3-4,7H2,1-2H3. The third-order valence-corrected chi connectivity index (χ3v) is 2.20. The molecule has 1 unspecified atom stereocenters. The number of aryl methyl sites for hydroxylation is 1. The third kappa shape index (κ3) is 4.58. The number of halogens is 1. The molecule has 2 nitrogen and oxygen atoms in total. The first kappa shape index (κ1) is 11.5. The molecule has 0 bridgehead atoms. The van der Waals surface area contributed by atoms with Gasteiger partial charge in [-0.05, 0) is 37.9 Å². The molecule has 1 heterocycles. The molecule has 0 aliphatic carbocycles. The normalized spacial score (nSPS) is 12.8. The highest BCUT2D eigenvalue weighted by molar-refractivity contribution is 6.20. The monoisotopic (exact) mass is 212 g/mol. The van der Waals surface area contributed by atoms with Crippen LogP contribution in [0.4, 0.5) is 0 Å². The van der Waals surface area contributed by atoms with E-state index in [-0.39, 0.29) is 5.38 Å². The van der Waals surface area contributed by atoms with E-state index in [1.165, 1.54) is 11.1 Å². The van der Waals surface area contributed by atoms with Crippen molar-refractivity contribution in [2.24, 2.45) is 0 Å². The Kier molecular flexibility index (Phi) is 4.91. The van der Waals surface area contributed by atoms with Crippen LogP contribution in [0.25, 0.3) is 0 Å². The second kappa shape index (κ2) is 5.99. The van der Waals surface area contributed by atoms with Gasteiger partial charge in [0.05, 0.1) is 0 Å². The maximum Gasteiger partial charge on any atom is 0.0319 e. The molecule has 0 amide bonds. The van der Waals surface area contributed by atoms with E-state index in [1.54, 1.807) is 0 Å². The summed E-state index contributed by atoms with van der Waals surface area (Å²) in [5.74, 6) is 0. The average Bonchev–Trinajstić information content (AvgIpc) is 2.12. The lowest BCUT2D eigenvalue weighted by Crippen LogP contribution is -2.17. The summed E-state index contributed by atoms with van der Waals surface area (Å²) in [5.41, 5.74) is 2.43. The Bertz CT molecular complexity index is 274. The lowest BCUT2D eigenvalue weighted by Gasteiger charge is -2.06. The molecule has 1 N–H and O–H groups in total. The smallest absolute Gasteiger partial charge is 0.0319 e. The van der Waals surface area contributed by atoms with Crippen molar-refractivity contribution in [1.29, 1.82) is 0 Å². The molecule has 78 valence electrons. The second-order valence-corrected chi connectivity index (χ2v) is 4.36. The first-order chi connectivity index (χ1) is 6.68. The van der Waals surface area contributed by atoms with Gasteiger partial charge in [-0.1, -0.05) is 6.07 Å². The SMILES string of the molecule is Cc1cncc(CNCCC(C)Cl)c1. The zero-order valence-corrected chi connectivity index (χ0v) is 9.51. The number of aromatic nitrogens is 1. The van der Waals surface area contributed by atoms with E-state index < -0.39 is 0 Å². The number of alkyl halides is 1. The van der Waals surface area contributed by atoms with Gasteiger partial charge in [-0.25, -0.2) is 0 Å². The molecule has 0 aliphatic rings. The van der Waals surface area contributed by atoms with Gasteiger partial charge in [0.2, 0.25) is 0 Å². The fraction of sp³-hybridized carbons (Fsp3) is 0.545. The highest BCUT2D eigenvalue weighted by Crippen LogP contribution is 2.01. The number of pyridine rings is 1. The van der Waals surface area contributed by atoms with Crippen LogP contribution in [0.2, 0.25) is 0 Å². The zero-order chi connectivity index (χ0) is 10.4. The lowest BCUT2D eigenvalue weighted by atomic mass is 10.2. The molecule has 14 heavy (non-hydrogen) atoms. The molecular weight excluding hydrogens is 196 g/mol. The summed E-state index contributed by atoms with van der Waals surface area (Å²) < 4.78 is 0. The first-order valence-corrected chi connectivity index (χ1v) is 5.37. The maximum atomic E-state index is 5.83. The first-order valence-electron chi connectivity index (χ1n) is 4.94. The summed E-state index contributed by atoms with van der Waals surface area (Å²) in [6, 6.07) is 2.14. The van der Waals surface area contributed by atoms with Crippen molar-refractivity contribution in [3.8, 4) is 0 Å². The van der Waals surface area contributed by atoms with Gasteiger partial charge in [0.1, 0.15) is 0 Å². The second-order valence-electron chi connectivity index (χ2n) is 3.62. The number of nitrogens with zero attached hydrogens (tertiary/aromatic N) is 1. The van der Waals surface area contributed by atoms with E-state index in [2.05, 4.69) is 23.3 Å². The Labute approximate surface area is 90.7 Å². The predicted octanol–water partition coefficient (Wildman–Crippen LogP) is 2.50. The van der Waals surface area contributed by atoms with Crippen molar-refractivity contribution in [3.05, 3.63) is 29.6 Å². The minimum atomic E-state index is 0.248. The van der Waals surface area contributed by atoms with Crippen molar-refractivity contribution in [1.82, 2.24) is 10.3 Å². The Morgan fingerprint density at radius 1 is 1.50 bits per heavy atom. The van der Waals surface area contributed by atoms with Gasteiger partial charge in [0, 0.05) is 24.3 Å². The van der Waals surface area contributed by atoms with Gasteiger partial charge in [-0.2, -0.15) is 0 Å². The summed E-state index contributed by atoms with van der Waals surface area (Å²) >= 11 is 5.83. The van der Waals surface area contributed by atoms with E-state index in [0.717, 1.165) is 19.5 Å². The molecule has 0 saturated heterocycles. The van der Waals surface area contributed by atoms with E-state index in [0.29, 0.717) is 0 Å². The largest absolute Gasteiger partial charge is 0.313 e. The summed E-state index contributed by atoms with van der Waals surface area (Å²) in [5, 5.41) is 3.58. The Balaban J connectivity index is 2.25. The fourth-order valence-electron chi connectivity index (χ4n) is 1.25. The third-order valence-electron chi connectivity index (χ3n) is 1.98. The average molecular weight is 213 g/mol. The van der Waals surface area contributed by atoms with Gasteiger partial charge in [-0.3, -0.25) is 4.98 Å². The van der Waals surface area contributed by atoms with Crippen molar-refractivity contribution in [3.63, 3.8) is 0 Å². The summed E-state index contributed by atoms with van der Waals surface area (Å²) in [4.78, 5) is 4.13. The maximum absolute atomic E-state index is 5.83. The molecule has 1 aromatic heterocycles. The summed E-state index contributed by atoms with van der Waals surface area (Å²) in [7, 11) is 0. The molecule has 1 atom stereocenters. The summed E-state index contributed by atoms with van der Waals surface area (Å²) in [6.45, 7) is 5.89. The molecule has 0 aliphatic heterocycles. The van der Waals surface area contributed by atoms with Crippen LogP contribution in [0.15, 0.2) is 18.5 Å².